The molecule has 0 fully saturated rings. The molecule has 6 nitrogen and oxygen atoms in total. The van der Waals surface area contributed by atoms with E-state index in [0.717, 1.165) is 4.88 Å². The molecule has 1 aromatic carbocycles. The Morgan fingerprint density at radius 2 is 2.00 bits per heavy atom. The molecule has 3 heterocycles. The fourth-order valence-corrected chi connectivity index (χ4v) is 5.15. The van der Waals surface area contributed by atoms with Crippen molar-refractivity contribution in [2.45, 2.75) is 13.0 Å². The number of para-hydroxylation sites is 1. The molecule has 0 radical (unpaired) electrons. The predicted molar refractivity (Wildman–Crippen MR) is 113 cm³/mol. The van der Waals surface area contributed by atoms with Gasteiger partial charge in [-0.2, -0.15) is 0 Å². The minimum absolute atomic E-state index is 0.202. The first-order valence-corrected chi connectivity index (χ1v) is 10.5. The Balaban J connectivity index is 2.03. The maximum absolute atomic E-state index is 13.4. The van der Waals surface area contributed by atoms with Crippen molar-refractivity contribution in [3.63, 3.8) is 0 Å². The van der Waals surface area contributed by atoms with Crippen LogP contribution in [0.5, 0.6) is 5.75 Å². The highest BCUT2D eigenvalue weighted by Gasteiger charge is 2.34. The van der Waals surface area contributed by atoms with Crippen molar-refractivity contribution in [1.82, 2.24) is 4.57 Å². The number of rotatable bonds is 4. The average molecular weight is 427 g/mol. The Kier molecular flexibility index (Phi) is 5.21. The van der Waals surface area contributed by atoms with Crippen LogP contribution in [0.1, 0.15) is 23.4 Å². The van der Waals surface area contributed by atoms with Crippen LogP contribution in [0, 0.1) is 0 Å². The lowest BCUT2D eigenvalue weighted by molar-refractivity contribution is -0.136. The normalized spacial score (nSPS) is 16.4. The van der Waals surface area contributed by atoms with E-state index < -0.39 is 12.0 Å². The maximum atomic E-state index is 13.4. The first-order valence-electron chi connectivity index (χ1n) is 8.82. The summed E-state index contributed by atoms with van der Waals surface area (Å²) < 4.78 is 12.7. The van der Waals surface area contributed by atoms with Gasteiger partial charge in [-0.25, -0.2) is 9.79 Å². The SMILES string of the molecule is COC(=O)C1=C(C)N=c2sc(=Cc3cccs3)c(=O)n2[C@H]1c1ccccc1OC. The molecule has 3 aromatic rings. The van der Waals surface area contributed by atoms with Crippen molar-refractivity contribution in [2.24, 2.45) is 4.99 Å². The molecule has 0 bridgehead atoms. The number of fused-ring (bicyclic) bond motifs is 1. The quantitative estimate of drug-likeness (QED) is 0.601. The number of methoxy groups -OCH3 is 2. The molecule has 4 rings (SSSR count). The zero-order valence-electron chi connectivity index (χ0n) is 16.0. The lowest BCUT2D eigenvalue weighted by Gasteiger charge is -2.25. The summed E-state index contributed by atoms with van der Waals surface area (Å²) in [6.45, 7) is 1.75. The lowest BCUT2D eigenvalue weighted by atomic mass is 9.95. The summed E-state index contributed by atoms with van der Waals surface area (Å²) in [5.74, 6) is 0.0659. The second-order valence-corrected chi connectivity index (χ2v) is 8.32. The van der Waals surface area contributed by atoms with E-state index in [-0.39, 0.29) is 5.56 Å². The summed E-state index contributed by atoms with van der Waals surface area (Å²) in [7, 11) is 2.89. The van der Waals surface area contributed by atoms with E-state index in [1.54, 1.807) is 36.0 Å². The van der Waals surface area contributed by atoms with Crippen molar-refractivity contribution in [1.29, 1.82) is 0 Å². The molecule has 148 valence electrons. The lowest BCUT2D eigenvalue weighted by Crippen LogP contribution is -2.39. The van der Waals surface area contributed by atoms with Crippen molar-refractivity contribution < 1.29 is 14.3 Å². The van der Waals surface area contributed by atoms with Gasteiger partial charge in [-0.15, -0.1) is 11.3 Å². The smallest absolute Gasteiger partial charge is 0.338 e. The monoisotopic (exact) mass is 426 g/mol. The number of carbonyl (C=O) groups excluding carboxylic acids is 1. The van der Waals surface area contributed by atoms with Gasteiger partial charge >= 0.3 is 5.97 Å². The number of hydrogen-bond acceptors (Lipinski definition) is 7. The molecule has 0 amide bonds. The number of nitrogens with zero attached hydrogens (tertiary/aromatic N) is 2. The van der Waals surface area contributed by atoms with Crippen molar-refractivity contribution in [3.8, 4) is 5.75 Å². The molecule has 1 atom stereocenters. The Morgan fingerprint density at radius 1 is 1.21 bits per heavy atom. The van der Waals surface area contributed by atoms with Crippen LogP contribution in [0.2, 0.25) is 0 Å². The maximum Gasteiger partial charge on any atom is 0.338 e. The summed E-state index contributed by atoms with van der Waals surface area (Å²) in [6, 6.07) is 10.6. The molecule has 0 unspecified atom stereocenters. The molecule has 1 aliphatic rings. The van der Waals surface area contributed by atoms with Gasteiger partial charge in [-0.05, 0) is 30.5 Å². The van der Waals surface area contributed by atoms with Crippen LogP contribution < -0.4 is 19.6 Å². The van der Waals surface area contributed by atoms with E-state index in [0.29, 0.717) is 31.9 Å². The summed E-state index contributed by atoms with van der Waals surface area (Å²) in [6.07, 6.45) is 1.85. The molecule has 29 heavy (non-hydrogen) atoms. The van der Waals surface area contributed by atoms with Gasteiger partial charge in [-0.3, -0.25) is 9.36 Å². The summed E-state index contributed by atoms with van der Waals surface area (Å²) >= 11 is 2.86. The highest BCUT2D eigenvalue weighted by Crippen LogP contribution is 2.35. The molecular formula is C21H18N2O4S2. The van der Waals surface area contributed by atoms with Gasteiger partial charge in [0.15, 0.2) is 4.80 Å². The van der Waals surface area contributed by atoms with Gasteiger partial charge in [0.25, 0.3) is 5.56 Å². The van der Waals surface area contributed by atoms with Crippen LogP contribution in [-0.2, 0) is 9.53 Å². The van der Waals surface area contributed by atoms with E-state index >= 15 is 0 Å². The van der Waals surface area contributed by atoms with E-state index in [9.17, 15) is 9.59 Å². The predicted octanol–water partition coefficient (Wildman–Crippen LogP) is 2.48. The number of allylic oxidation sites excluding steroid dienone is 1. The Labute approximate surface area is 174 Å². The van der Waals surface area contributed by atoms with Gasteiger partial charge in [0.1, 0.15) is 11.8 Å². The van der Waals surface area contributed by atoms with Crippen LogP contribution in [0.4, 0.5) is 0 Å². The number of benzene rings is 1. The molecule has 1 aliphatic heterocycles. The van der Waals surface area contributed by atoms with Crippen molar-refractivity contribution in [3.05, 3.63) is 83.2 Å². The van der Waals surface area contributed by atoms with Gasteiger partial charge in [0.05, 0.1) is 30.0 Å². The van der Waals surface area contributed by atoms with Crippen molar-refractivity contribution in [2.75, 3.05) is 14.2 Å². The van der Waals surface area contributed by atoms with Crippen molar-refractivity contribution >= 4 is 34.7 Å². The third kappa shape index (κ3) is 3.34. The van der Waals surface area contributed by atoms with Crippen LogP contribution in [-0.4, -0.2) is 24.8 Å². The van der Waals surface area contributed by atoms with Crippen LogP contribution >= 0.6 is 22.7 Å². The second-order valence-electron chi connectivity index (χ2n) is 6.33. The second kappa shape index (κ2) is 7.81. The van der Waals surface area contributed by atoms with Gasteiger partial charge < -0.3 is 9.47 Å². The highest BCUT2D eigenvalue weighted by atomic mass is 32.1. The molecule has 0 saturated carbocycles. The fraction of sp³-hybridized carbons (Fsp3) is 0.190. The van der Waals surface area contributed by atoms with E-state index in [1.165, 1.54) is 18.4 Å². The zero-order chi connectivity index (χ0) is 20.5. The molecular weight excluding hydrogens is 408 g/mol. The Morgan fingerprint density at radius 3 is 2.69 bits per heavy atom. The first kappa shape index (κ1) is 19.4. The van der Waals surface area contributed by atoms with E-state index in [4.69, 9.17) is 9.47 Å². The number of ether oxygens (including phenoxy) is 2. The summed E-state index contributed by atoms with van der Waals surface area (Å²) in [4.78, 5) is 32.1. The van der Waals surface area contributed by atoms with E-state index in [1.807, 2.05) is 41.8 Å². The number of thiazole rings is 1. The third-order valence-corrected chi connectivity index (χ3v) is 6.48. The topological polar surface area (TPSA) is 69.9 Å². The molecule has 0 spiro atoms. The summed E-state index contributed by atoms with van der Waals surface area (Å²) in [5, 5.41) is 1.96. The molecule has 0 saturated heterocycles. The van der Waals surface area contributed by atoms with Gasteiger partial charge in [0.2, 0.25) is 0 Å². The van der Waals surface area contributed by atoms with Gasteiger partial charge in [0, 0.05) is 10.4 Å². The fourth-order valence-electron chi connectivity index (χ4n) is 3.38. The third-order valence-electron chi connectivity index (χ3n) is 4.68. The number of thiophene rings is 1. The number of esters is 1. The Hall–Kier alpha value is -2.97. The molecule has 0 aliphatic carbocycles. The number of aromatic nitrogens is 1. The molecule has 8 heteroatoms. The Bertz CT molecular complexity index is 1280. The minimum atomic E-state index is -0.680. The number of hydrogen-bond donors (Lipinski definition) is 0. The average Bonchev–Trinajstić information content (AvgIpc) is 3.35. The van der Waals surface area contributed by atoms with Crippen LogP contribution in [0.25, 0.3) is 6.08 Å². The van der Waals surface area contributed by atoms with Gasteiger partial charge in [-0.1, -0.05) is 35.6 Å². The largest absolute Gasteiger partial charge is 0.496 e. The van der Waals surface area contributed by atoms with Crippen LogP contribution in [0.15, 0.2) is 62.8 Å². The van der Waals surface area contributed by atoms with Crippen LogP contribution in [0.3, 0.4) is 0 Å². The zero-order valence-corrected chi connectivity index (χ0v) is 17.7. The summed E-state index contributed by atoms with van der Waals surface area (Å²) in [5.41, 5.74) is 1.35. The molecule has 0 N–H and O–H groups in total. The van der Waals surface area contributed by atoms with E-state index in [2.05, 4.69) is 4.99 Å². The number of carbonyl (C=O) groups is 1. The first-order chi connectivity index (χ1) is 14.0. The minimum Gasteiger partial charge on any atom is -0.496 e. The highest BCUT2D eigenvalue weighted by molar-refractivity contribution is 7.11. The molecule has 2 aromatic heterocycles. The standard InChI is InChI=1S/C21H18N2O4S2/c1-12-17(20(25)27-3)18(14-8-4-5-9-15(14)26-2)23-19(24)16(29-21(23)22-12)11-13-7-6-10-28-13/h4-11,18H,1-3H3/t18-/m0/s1.